The molecule has 23 heavy (non-hydrogen) atoms. The largest absolute Gasteiger partial charge is 0.417 e. The Balaban J connectivity index is 2.15. The summed E-state index contributed by atoms with van der Waals surface area (Å²) in [4.78, 5) is 4.16. The summed E-state index contributed by atoms with van der Waals surface area (Å²) >= 11 is 0. The van der Waals surface area contributed by atoms with Crippen LogP contribution in [-0.2, 0) is 6.18 Å². The average Bonchev–Trinajstić information content (AvgIpc) is 2.90. The number of rotatable bonds is 0. The molecule has 116 valence electrons. The van der Waals surface area contributed by atoms with Crippen LogP contribution in [-0.4, -0.2) is 9.38 Å². The molecule has 0 atom stereocenters. The van der Waals surface area contributed by atoms with E-state index in [0.29, 0.717) is 5.69 Å². The third-order valence-electron chi connectivity index (χ3n) is 3.22. The van der Waals surface area contributed by atoms with E-state index in [-0.39, 0.29) is 16.8 Å². The summed E-state index contributed by atoms with van der Waals surface area (Å²) in [6.45, 7) is 1.65. The molecule has 0 spiro atoms. The highest BCUT2D eigenvalue weighted by Crippen LogP contribution is 2.31. The fourth-order valence-corrected chi connectivity index (χ4v) is 2.18. The van der Waals surface area contributed by atoms with Crippen LogP contribution in [0, 0.1) is 24.6 Å². The highest BCUT2D eigenvalue weighted by atomic mass is 19.4. The highest BCUT2D eigenvalue weighted by Gasteiger charge is 2.32. The van der Waals surface area contributed by atoms with E-state index in [1.807, 2.05) is 0 Å². The third kappa shape index (κ3) is 3.04. The quantitative estimate of drug-likeness (QED) is 0.448. The van der Waals surface area contributed by atoms with Gasteiger partial charge in [0.2, 0.25) is 0 Å². The van der Waals surface area contributed by atoms with E-state index in [0.717, 1.165) is 12.3 Å². The van der Waals surface area contributed by atoms with Crippen molar-refractivity contribution in [3.8, 4) is 11.8 Å². The Hall–Kier alpha value is -2.81. The molecule has 2 aromatic heterocycles. The average molecular weight is 318 g/mol. The lowest BCUT2D eigenvalue weighted by atomic mass is 10.2. The van der Waals surface area contributed by atoms with Gasteiger partial charge in [-0.15, -0.1) is 0 Å². The summed E-state index contributed by atoms with van der Waals surface area (Å²) in [6.07, 6.45) is -1.98. The Morgan fingerprint density at radius 3 is 2.52 bits per heavy atom. The van der Waals surface area contributed by atoms with Crippen LogP contribution in [0.4, 0.5) is 17.6 Å². The predicted octanol–water partition coefficient (Wildman–Crippen LogP) is 4.20. The molecule has 6 heteroatoms. The number of aromatic nitrogens is 2. The molecule has 0 amide bonds. The third-order valence-corrected chi connectivity index (χ3v) is 3.22. The SMILES string of the molecule is Cc1cn2cc(C(F)(F)F)cc2c(C#Cc2ccccc2F)n1. The molecule has 0 unspecified atom stereocenters. The molecule has 0 saturated heterocycles. The molecular formula is C17H10F4N2. The normalized spacial score (nSPS) is 11.3. The number of nitrogens with zero attached hydrogens (tertiary/aromatic N) is 2. The molecule has 0 aliphatic heterocycles. The smallest absolute Gasteiger partial charge is 0.319 e. The zero-order valence-electron chi connectivity index (χ0n) is 11.9. The Bertz CT molecular complexity index is 943. The van der Waals surface area contributed by atoms with Crippen molar-refractivity contribution >= 4 is 5.52 Å². The van der Waals surface area contributed by atoms with E-state index in [2.05, 4.69) is 16.8 Å². The van der Waals surface area contributed by atoms with Crippen molar-refractivity contribution in [2.75, 3.05) is 0 Å². The van der Waals surface area contributed by atoms with Crippen molar-refractivity contribution in [3.63, 3.8) is 0 Å². The summed E-state index contributed by atoms with van der Waals surface area (Å²) in [5.74, 6) is 4.78. The van der Waals surface area contributed by atoms with Gasteiger partial charge in [0.1, 0.15) is 11.5 Å². The molecule has 0 fully saturated rings. The van der Waals surface area contributed by atoms with E-state index in [1.54, 1.807) is 13.0 Å². The van der Waals surface area contributed by atoms with Gasteiger partial charge in [0.15, 0.2) is 0 Å². The fourth-order valence-electron chi connectivity index (χ4n) is 2.18. The lowest BCUT2D eigenvalue weighted by Gasteiger charge is -2.00. The minimum absolute atomic E-state index is 0.163. The van der Waals surface area contributed by atoms with Crippen molar-refractivity contribution in [2.45, 2.75) is 13.1 Å². The number of hydrogen-bond donors (Lipinski definition) is 0. The maximum atomic E-state index is 13.6. The molecule has 0 aliphatic carbocycles. The van der Waals surface area contributed by atoms with E-state index < -0.39 is 17.6 Å². The molecule has 0 saturated carbocycles. The van der Waals surface area contributed by atoms with Crippen LogP contribution < -0.4 is 0 Å². The molecule has 2 heterocycles. The van der Waals surface area contributed by atoms with Crippen LogP contribution in [0.1, 0.15) is 22.5 Å². The van der Waals surface area contributed by atoms with Crippen molar-refractivity contribution in [1.82, 2.24) is 9.38 Å². The van der Waals surface area contributed by atoms with Crippen LogP contribution >= 0.6 is 0 Å². The summed E-state index contributed by atoms with van der Waals surface area (Å²) in [5.41, 5.74) is 0.297. The van der Waals surface area contributed by atoms with Gasteiger partial charge in [-0.25, -0.2) is 9.37 Å². The molecule has 3 aromatic rings. The zero-order valence-corrected chi connectivity index (χ0v) is 11.9. The Morgan fingerprint density at radius 2 is 1.83 bits per heavy atom. The van der Waals surface area contributed by atoms with Gasteiger partial charge < -0.3 is 4.40 Å². The van der Waals surface area contributed by atoms with Crippen LogP contribution in [0.3, 0.4) is 0 Å². The summed E-state index contributed by atoms with van der Waals surface area (Å²) in [6, 6.07) is 6.91. The Labute approximate surface area is 129 Å². The Morgan fingerprint density at radius 1 is 1.09 bits per heavy atom. The number of fused-ring (bicyclic) bond motifs is 1. The lowest BCUT2D eigenvalue weighted by molar-refractivity contribution is -0.137. The van der Waals surface area contributed by atoms with Gasteiger partial charge in [-0.3, -0.25) is 0 Å². The summed E-state index contributed by atoms with van der Waals surface area (Å²) < 4.78 is 53.4. The first kappa shape index (κ1) is 15.1. The number of halogens is 4. The minimum Gasteiger partial charge on any atom is -0.319 e. The number of hydrogen-bond acceptors (Lipinski definition) is 1. The number of benzene rings is 1. The van der Waals surface area contributed by atoms with Gasteiger partial charge in [0.25, 0.3) is 0 Å². The molecule has 0 bridgehead atoms. The maximum absolute atomic E-state index is 13.6. The van der Waals surface area contributed by atoms with Gasteiger partial charge in [0, 0.05) is 12.4 Å². The molecule has 2 nitrogen and oxygen atoms in total. The van der Waals surface area contributed by atoms with Crippen molar-refractivity contribution in [2.24, 2.45) is 0 Å². The van der Waals surface area contributed by atoms with E-state index in [9.17, 15) is 17.6 Å². The van der Waals surface area contributed by atoms with Gasteiger partial charge in [-0.1, -0.05) is 18.1 Å². The van der Waals surface area contributed by atoms with Crippen molar-refractivity contribution < 1.29 is 17.6 Å². The van der Waals surface area contributed by atoms with Gasteiger partial charge >= 0.3 is 6.18 Å². The first-order valence-corrected chi connectivity index (χ1v) is 6.68. The second kappa shape index (κ2) is 5.43. The Kier molecular flexibility index (Phi) is 3.57. The van der Waals surface area contributed by atoms with Gasteiger partial charge in [-0.05, 0) is 31.0 Å². The van der Waals surface area contributed by atoms with E-state index in [1.165, 1.54) is 28.8 Å². The molecule has 3 rings (SSSR count). The standard InChI is InChI=1S/C17H10F4N2/c1-11-9-23-10-13(17(19,20)21)8-16(23)15(22-11)7-6-12-4-2-3-5-14(12)18/h2-5,8-10H,1H3. The predicted molar refractivity (Wildman–Crippen MR) is 77.3 cm³/mol. The number of alkyl halides is 3. The van der Waals surface area contributed by atoms with Crippen molar-refractivity contribution in [3.05, 3.63) is 71.1 Å². The summed E-state index contributed by atoms with van der Waals surface area (Å²) in [5, 5.41) is 0. The minimum atomic E-state index is -4.45. The van der Waals surface area contributed by atoms with E-state index >= 15 is 0 Å². The second-order valence-electron chi connectivity index (χ2n) is 4.98. The molecule has 1 aromatic carbocycles. The fraction of sp³-hybridized carbons (Fsp3) is 0.118. The molecular weight excluding hydrogens is 308 g/mol. The van der Waals surface area contributed by atoms with Crippen LogP contribution in [0.2, 0.25) is 0 Å². The monoisotopic (exact) mass is 318 g/mol. The highest BCUT2D eigenvalue weighted by molar-refractivity contribution is 5.62. The zero-order chi connectivity index (χ0) is 16.6. The second-order valence-corrected chi connectivity index (χ2v) is 4.98. The van der Waals surface area contributed by atoms with Gasteiger partial charge in [0.05, 0.1) is 22.3 Å². The van der Waals surface area contributed by atoms with E-state index in [4.69, 9.17) is 0 Å². The van der Waals surface area contributed by atoms with Crippen LogP contribution in [0.25, 0.3) is 5.52 Å². The van der Waals surface area contributed by atoms with Crippen LogP contribution in [0.15, 0.2) is 42.7 Å². The lowest BCUT2D eigenvalue weighted by Crippen LogP contribution is -2.02. The molecule has 0 N–H and O–H groups in total. The topological polar surface area (TPSA) is 17.3 Å². The number of aryl methyl sites for hydroxylation is 1. The molecule has 0 radical (unpaired) electrons. The maximum Gasteiger partial charge on any atom is 0.417 e. The van der Waals surface area contributed by atoms with Crippen molar-refractivity contribution in [1.29, 1.82) is 0 Å². The molecule has 0 aliphatic rings. The van der Waals surface area contributed by atoms with Crippen LogP contribution in [0.5, 0.6) is 0 Å². The summed E-state index contributed by atoms with van der Waals surface area (Å²) in [7, 11) is 0. The van der Waals surface area contributed by atoms with Gasteiger partial charge in [-0.2, -0.15) is 13.2 Å². The first-order valence-electron chi connectivity index (χ1n) is 6.68. The first-order chi connectivity index (χ1) is 10.8.